The van der Waals surface area contributed by atoms with Gasteiger partial charge in [0.15, 0.2) is 6.61 Å². The van der Waals surface area contributed by atoms with Gasteiger partial charge in [0.2, 0.25) is 5.78 Å². The van der Waals surface area contributed by atoms with E-state index in [1.54, 1.807) is 18.2 Å². The highest BCUT2D eigenvalue weighted by molar-refractivity contribution is 6.31. The molecule has 0 bridgehead atoms. The molecule has 0 atom stereocenters. The Labute approximate surface area is 144 Å². The summed E-state index contributed by atoms with van der Waals surface area (Å²) in [5.74, 6) is -0.0869. The molecule has 0 aliphatic carbocycles. The number of halogens is 1. The number of nitrogens with zero attached hydrogens (tertiary/aromatic N) is 4. The van der Waals surface area contributed by atoms with Crippen molar-refractivity contribution in [1.82, 2.24) is 19.7 Å². The summed E-state index contributed by atoms with van der Waals surface area (Å²) >= 11 is 5.98. The van der Waals surface area contributed by atoms with E-state index in [0.29, 0.717) is 21.6 Å². The zero-order valence-electron chi connectivity index (χ0n) is 13.9. The predicted octanol–water partition coefficient (Wildman–Crippen LogP) is 3.22. The van der Waals surface area contributed by atoms with E-state index in [-0.39, 0.29) is 12.4 Å². The molecule has 0 N–H and O–H groups in total. The Bertz CT molecular complexity index is 898. The number of fused-ring (bicyclic) bond motifs is 1. The van der Waals surface area contributed by atoms with Gasteiger partial charge in [0.1, 0.15) is 11.0 Å². The predicted molar refractivity (Wildman–Crippen MR) is 92.5 cm³/mol. The van der Waals surface area contributed by atoms with Crippen LogP contribution >= 0.6 is 11.6 Å². The fourth-order valence-corrected chi connectivity index (χ4v) is 2.98. The zero-order chi connectivity index (χ0) is 17.3. The van der Waals surface area contributed by atoms with E-state index < -0.39 is 0 Å². The highest BCUT2D eigenvalue weighted by Gasteiger charge is 2.17. The molecule has 7 heteroatoms. The summed E-state index contributed by atoms with van der Waals surface area (Å²) in [6, 6.07) is 7.10. The lowest BCUT2D eigenvalue weighted by Crippen LogP contribution is -2.21. The Hall–Kier alpha value is -2.34. The second-order valence-corrected chi connectivity index (χ2v) is 6.16. The molecule has 2 aromatic heterocycles. The summed E-state index contributed by atoms with van der Waals surface area (Å²) in [6.45, 7) is 6.87. The van der Waals surface area contributed by atoms with E-state index in [4.69, 9.17) is 16.4 Å². The minimum absolute atomic E-state index is 0.0869. The lowest BCUT2D eigenvalue weighted by molar-refractivity contribution is 0.0630. The molecule has 0 amide bonds. The van der Waals surface area contributed by atoms with Crippen LogP contribution in [0.2, 0.25) is 5.02 Å². The van der Waals surface area contributed by atoms with Gasteiger partial charge in [-0.25, -0.2) is 0 Å². The molecule has 0 saturated carbocycles. The monoisotopic (exact) mass is 346 g/mol. The van der Waals surface area contributed by atoms with Crippen molar-refractivity contribution in [2.75, 3.05) is 6.61 Å². The Morgan fingerprint density at radius 1 is 1.29 bits per heavy atom. The number of aryl methyl sites for hydroxylation is 1. The minimum atomic E-state index is -0.110. The highest BCUT2D eigenvalue weighted by Crippen LogP contribution is 2.18. The van der Waals surface area contributed by atoms with Gasteiger partial charge in [-0.3, -0.25) is 4.79 Å². The summed E-state index contributed by atoms with van der Waals surface area (Å²) in [7, 11) is 0. The first-order valence-electron chi connectivity index (χ1n) is 7.85. The molecule has 0 radical (unpaired) electrons. The second-order valence-electron chi connectivity index (χ2n) is 5.73. The molecule has 24 heavy (non-hydrogen) atoms. The van der Waals surface area contributed by atoms with Crippen molar-refractivity contribution in [3.63, 3.8) is 0 Å². The number of carbonyl (C=O) groups excluding carboxylic acids is 1. The number of Topliss-reactive ketones (excluding diaryl/α,β-unsaturated/α-hetero) is 1. The third kappa shape index (κ3) is 3.01. The van der Waals surface area contributed by atoms with Crippen molar-refractivity contribution in [1.29, 1.82) is 0 Å². The van der Waals surface area contributed by atoms with Gasteiger partial charge < -0.3 is 9.40 Å². The first kappa shape index (κ1) is 16.5. The molecular formula is C17H19ClN4O2. The quantitative estimate of drug-likeness (QED) is 0.643. The molecule has 3 rings (SSSR count). The lowest BCUT2D eigenvalue weighted by Gasteiger charge is -2.08. The number of hydrogen-bond donors (Lipinski definition) is 0. The van der Waals surface area contributed by atoms with E-state index in [9.17, 15) is 4.79 Å². The van der Waals surface area contributed by atoms with Crippen molar-refractivity contribution in [2.24, 2.45) is 0 Å². The fourth-order valence-electron chi connectivity index (χ4n) is 2.82. The normalized spacial score (nSPS) is 11.2. The van der Waals surface area contributed by atoms with Crippen LogP contribution in [0.4, 0.5) is 0 Å². The number of aromatic nitrogens is 4. The number of rotatable bonds is 6. The number of benzene rings is 1. The zero-order valence-corrected chi connectivity index (χ0v) is 14.7. The third-order valence-corrected chi connectivity index (χ3v) is 4.25. The summed E-state index contributed by atoms with van der Waals surface area (Å²) < 4.78 is 2.15. The molecule has 0 fully saturated rings. The number of ketones is 1. The molecule has 126 valence electrons. The van der Waals surface area contributed by atoms with Crippen LogP contribution in [0.5, 0.6) is 0 Å². The molecule has 0 unspecified atom stereocenters. The molecule has 0 spiro atoms. The van der Waals surface area contributed by atoms with Crippen molar-refractivity contribution < 1.29 is 9.63 Å². The first-order chi connectivity index (χ1) is 11.5. The fraction of sp³-hybridized carbons (Fsp3) is 0.353. The van der Waals surface area contributed by atoms with E-state index in [1.165, 1.54) is 4.85 Å². The second kappa shape index (κ2) is 6.65. The molecule has 3 aromatic rings. The average Bonchev–Trinajstić information content (AvgIpc) is 3.08. The van der Waals surface area contributed by atoms with Gasteiger partial charge in [0.25, 0.3) is 0 Å². The summed E-state index contributed by atoms with van der Waals surface area (Å²) in [5.41, 5.74) is 4.02. The summed E-state index contributed by atoms with van der Waals surface area (Å²) in [4.78, 5) is 19.3. The Morgan fingerprint density at radius 3 is 2.83 bits per heavy atom. The van der Waals surface area contributed by atoms with E-state index in [0.717, 1.165) is 24.4 Å². The minimum Gasteiger partial charge on any atom is -0.387 e. The van der Waals surface area contributed by atoms with Gasteiger partial charge in [-0.1, -0.05) is 23.4 Å². The topological polar surface area (TPSA) is 61.9 Å². The maximum atomic E-state index is 12.5. The van der Waals surface area contributed by atoms with E-state index in [2.05, 4.69) is 21.8 Å². The maximum Gasteiger partial charge on any atom is 0.204 e. The molecule has 2 heterocycles. The smallest absolute Gasteiger partial charge is 0.204 e. The van der Waals surface area contributed by atoms with Gasteiger partial charge in [0, 0.05) is 28.5 Å². The third-order valence-electron chi connectivity index (χ3n) is 4.02. The van der Waals surface area contributed by atoms with E-state index in [1.807, 2.05) is 19.9 Å². The summed E-state index contributed by atoms with van der Waals surface area (Å²) in [5, 5.41) is 8.45. The van der Waals surface area contributed by atoms with Crippen molar-refractivity contribution in [3.8, 4) is 0 Å². The Kier molecular flexibility index (Phi) is 4.57. The standard InChI is InChI=1S/C17H19ClN4O2/c1-4-7-21-11(2)8-14(12(21)3)17(23)10-24-22-16-9-13(18)5-6-15(16)19-20-22/h5-6,8-9H,4,7,10H2,1-3H3. The molecular weight excluding hydrogens is 328 g/mol. The molecule has 1 aromatic carbocycles. The van der Waals surface area contributed by atoms with Crippen molar-refractivity contribution >= 4 is 28.4 Å². The van der Waals surface area contributed by atoms with Crippen LogP contribution in [0.3, 0.4) is 0 Å². The average molecular weight is 347 g/mol. The van der Waals surface area contributed by atoms with Gasteiger partial charge in [-0.05, 0) is 49.7 Å². The van der Waals surface area contributed by atoms with Crippen LogP contribution in [-0.4, -0.2) is 32.1 Å². The lowest BCUT2D eigenvalue weighted by atomic mass is 10.1. The Balaban J connectivity index is 1.78. The first-order valence-corrected chi connectivity index (χ1v) is 8.23. The van der Waals surface area contributed by atoms with Crippen molar-refractivity contribution in [2.45, 2.75) is 33.7 Å². The molecule has 6 nitrogen and oxygen atoms in total. The largest absolute Gasteiger partial charge is 0.387 e. The molecule has 0 saturated heterocycles. The van der Waals surface area contributed by atoms with Crippen LogP contribution < -0.4 is 4.84 Å². The van der Waals surface area contributed by atoms with Gasteiger partial charge in [-0.2, -0.15) is 0 Å². The molecule has 0 aliphatic rings. The van der Waals surface area contributed by atoms with Gasteiger partial charge >= 0.3 is 0 Å². The van der Waals surface area contributed by atoms with Crippen LogP contribution in [0.15, 0.2) is 24.3 Å². The van der Waals surface area contributed by atoms with Crippen LogP contribution in [0.25, 0.3) is 11.0 Å². The number of carbonyl (C=O) groups is 1. The Morgan fingerprint density at radius 2 is 2.08 bits per heavy atom. The SMILES string of the molecule is CCCn1c(C)cc(C(=O)COn2nnc3ccc(Cl)cc32)c1C. The van der Waals surface area contributed by atoms with Crippen LogP contribution in [-0.2, 0) is 6.54 Å². The van der Waals surface area contributed by atoms with Crippen molar-refractivity contribution in [3.05, 3.63) is 46.2 Å². The van der Waals surface area contributed by atoms with Gasteiger partial charge in [-0.15, -0.1) is 5.10 Å². The molecule has 0 aliphatic heterocycles. The highest BCUT2D eigenvalue weighted by atomic mass is 35.5. The van der Waals surface area contributed by atoms with Gasteiger partial charge in [0.05, 0.1) is 0 Å². The maximum absolute atomic E-state index is 12.5. The van der Waals surface area contributed by atoms with Crippen LogP contribution in [0, 0.1) is 13.8 Å². The van der Waals surface area contributed by atoms with E-state index >= 15 is 0 Å². The number of hydrogen-bond acceptors (Lipinski definition) is 4. The summed E-state index contributed by atoms with van der Waals surface area (Å²) in [6.07, 6.45) is 1.02. The van der Waals surface area contributed by atoms with Crippen LogP contribution in [0.1, 0.15) is 35.1 Å².